The summed E-state index contributed by atoms with van der Waals surface area (Å²) in [4.78, 5) is 11.2. The zero-order chi connectivity index (χ0) is 17.8. The molecule has 3 rings (SSSR count). The molecular weight excluding hydrogens is 314 g/mol. The summed E-state index contributed by atoms with van der Waals surface area (Å²) in [7, 11) is 1.67. The van der Waals surface area contributed by atoms with Gasteiger partial charge in [0.25, 0.3) is 0 Å². The molecule has 1 fully saturated rings. The average molecular weight is 339 g/mol. The Balaban J connectivity index is 1.90. The van der Waals surface area contributed by atoms with Gasteiger partial charge in [0.2, 0.25) is 5.91 Å². The van der Waals surface area contributed by atoms with Gasteiger partial charge in [0.05, 0.1) is 13.2 Å². The van der Waals surface area contributed by atoms with Crippen molar-refractivity contribution < 1.29 is 14.3 Å². The smallest absolute Gasteiger partial charge is 0.221 e. The molecule has 1 aliphatic carbocycles. The number of rotatable bonds is 5. The Kier molecular flexibility index (Phi) is 5.27. The molecule has 0 heterocycles. The van der Waals surface area contributed by atoms with E-state index in [1.165, 1.54) is 19.8 Å². The Morgan fingerprint density at radius 3 is 2.48 bits per heavy atom. The summed E-state index contributed by atoms with van der Waals surface area (Å²) in [5.74, 6) is 1.50. The molecule has 1 aliphatic rings. The summed E-state index contributed by atoms with van der Waals surface area (Å²) < 4.78 is 11.7. The van der Waals surface area contributed by atoms with Gasteiger partial charge in [-0.1, -0.05) is 12.1 Å². The highest BCUT2D eigenvalue weighted by molar-refractivity contribution is 5.89. The molecule has 1 N–H and O–H groups in total. The molecule has 0 aliphatic heterocycles. The SMILES string of the molecule is COc1ccc(-c2ccc(NC(C)=O)cc2C)cc1OC1CCCC1. The maximum Gasteiger partial charge on any atom is 0.221 e. The molecule has 2 aromatic carbocycles. The minimum atomic E-state index is -0.0659. The molecule has 2 aromatic rings. The second-order valence-electron chi connectivity index (χ2n) is 6.60. The molecule has 132 valence electrons. The van der Waals surface area contributed by atoms with Gasteiger partial charge >= 0.3 is 0 Å². The van der Waals surface area contributed by atoms with E-state index in [1.807, 2.05) is 37.3 Å². The fourth-order valence-corrected chi connectivity index (χ4v) is 3.39. The van der Waals surface area contributed by atoms with E-state index in [-0.39, 0.29) is 12.0 Å². The molecule has 0 spiro atoms. The Morgan fingerprint density at radius 2 is 1.84 bits per heavy atom. The maximum atomic E-state index is 11.2. The third-order valence-corrected chi connectivity index (χ3v) is 4.62. The van der Waals surface area contributed by atoms with Crippen LogP contribution < -0.4 is 14.8 Å². The monoisotopic (exact) mass is 339 g/mol. The van der Waals surface area contributed by atoms with E-state index in [4.69, 9.17) is 9.47 Å². The van der Waals surface area contributed by atoms with E-state index in [0.717, 1.165) is 46.7 Å². The largest absolute Gasteiger partial charge is 0.493 e. The summed E-state index contributed by atoms with van der Waals surface area (Å²) in [6.07, 6.45) is 4.97. The molecule has 25 heavy (non-hydrogen) atoms. The normalized spacial score (nSPS) is 14.4. The van der Waals surface area contributed by atoms with E-state index in [1.54, 1.807) is 7.11 Å². The van der Waals surface area contributed by atoms with Gasteiger partial charge in [0.1, 0.15) is 0 Å². The van der Waals surface area contributed by atoms with Crippen LogP contribution in [0.3, 0.4) is 0 Å². The molecule has 1 saturated carbocycles. The van der Waals surface area contributed by atoms with Crippen molar-refractivity contribution in [1.29, 1.82) is 0 Å². The number of nitrogens with one attached hydrogen (secondary N) is 1. The van der Waals surface area contributed by atoms with Crippen LogP contribution in [0.15, 0.2) is 36.4 Å². The molecule has 0 saturated heterocycles. The summed E-state index contributed by atoms with van der Waals surface area (Å²) in [6, 6.07) is 12.0. The topological polar surface area (TPSA) is 47.6 Å². The summed E-state index contributed by atoms with van der Waals surface area (Å²) in [5.41, 5.74) is 4.11. The average Bonchev–Trinajstić information content (AvgIpc) is 3.07. The number of anilines is 1. The molecule has 0 bridgehead atoms. The van der Waals surface area contributed by atoms with Crippen LogP contribution >= 0.6 is 0 Å². The minimum absolute atomic E-state index is 0.0659. The molecule has 4 nitrogen and oxygen atoms in total. The predicted octanol–water partition coefficient (Wildman–Crippen LogP) is 4.95. The number of methoxy groups -OCH3 is 1. The third kappa shape index (κ3) is 4.13. The molecule has 0 radical (unpaired) electrons. The first-order valence-corrected chi connectivity index (χ1v) is 8.80. The van der Waals surface area contributed by atoms with Gasteiger partial charge in [-0.3, -0.25) is 4.79 Å². The van der Waals surface area contributed by atoms with Gasteiger partial charge in [-0.2, -0.15) is 0 Å². The van der Waals surface area contributed by atoms with Crippen molar-refractivity contribution in [3.05, 3.63) is 42.0 Å². The van der Waals surface area contributed by atoms with Gasteiger partial charge in [-0.05, 0) is 73.6 Å². The van der Waals surface area contributed by atoms with Crippen molar-refractivity contribution >= 4 is 11.6 Å². The van der Waals surface area contributed by atoms with E-state index in [2.05, 4.69) is 11.4 Å². The van der Waals surface area contributed by atoms with Gasteiger partial charge < -0.3 is 14.8 Å². The van der Waals surface area contributed by atoms with Crippen molar-refractivity contribution in [2.75, 3.05) is 12.4 Å². The predicted molar refractivity (Wildman–Crippen MR) is 100 cm³/mol. The number of amides is 1. The van der Waals surface area contributed by atoms with E-state index < -0.39 is 0 Å². The van der Waals surface area contributed by atoms with Crippen LogP contribution in [0, 0.1) is 6.92 Å². The molecule has 0 aromatic heterocycles. The number of benzene rings is 2. The van der Waals surface area contributed by atoms with Crippen LogP contribution in [-0.4, -0.2) is 19.1 Å². The van der Waals surface area contributed by atoms with Crippen molar-refractivity contribution in [2.24, 2.45) is 0 Å². The first kappa shape index (κ1) is 17.3. The summed E-state index contributed by atoms with van der Waals surface area (Å²) in [6.45, 7) is 3.56. The summed E-state index contributed by atoms with van der Waals surface area (Å²) in [5, 5.41) is 2.82. The quantitative estimate of drug-likeness (QED) is 0.838. The number of hydrogen-bond donors (Lipinski definition) is 1. The highest BCUT2D eigenvalue weighted by Crippen LogP contribution is 2.36. The van der Waals surface area contributed by atoms with E-state index >= 15 is 0 Å². The van der Waals surface area contributed by atoms with Crippen LogP contribution in [0.5, 0.6) is 11.5 Å². The maximum absolute atomic E-state index is 11.2. The van der Waals surface area contributed by atoms with Crippen molar-refractivity contribution in [3.8, 4) is 22.6 Å². The van der Waals surface area contributed by atoms with Crippen molar-refractivity contribution in [2.45, 2.75) is 45.6 Å². The number of aryl methyl sites for hydroxylation is 1. The van der Waals surface area contributed by atoms with E-state index in [0.29, 0.717) is 0 Å². The fraction of sp³-hybridized carbons (Fsp3) is 0.381. The number of carbonyl (C=O) groups is 1. The first-order valence-electron chi connectivity index (χ1n) is 8.80. The lowest BCUT2D eigenvalue weighted by molar-refractivity contribution is -0.114. The lowest BCUT2D eigenvalue weighted by Gasteiger charge is -2.17. The number of hydrogen-bond acceptors (Lipinski definition) is 3. The molecular formula is C21H25NO3. The van der Waals surface area contributed by atoms with Gasteiger partial charge in [0.15, 0.2) is 11.5 Å². The Bertz CT molecular complexity index is 764. The molecule has 0 atom stereocenters. The fourth-order valence-electron chi connectivity index (χ4n) is 3.39. The zero-order valence-electron chi connectivity index (χ0n) is 15.1. The standard InChI is InChI=1S/C21H25NO3/c1-14-12-17(22-15(2)23)9-10-19(14)16-8-11-20(24-3)21(13-16)25-18-6-4-5-7-18/h8-13,18H,4-7H2,1-3H3,(H,22,23). The van der Waals surface area contributed by atoms with Crippen molar-refractivity contribution in [3.63, 3.8) is 0 Å². The van der Waals surface area contributed by atoms with Gasteiger partial charge in [0, 0.05) is 12.6 Å². The van der Waals surface area contributed by atoms with Crippen LogP contribution in [0.4, 0.5) is 5.69 Å². The van der Waals surface area contributed by atoms with Crippen LogP contribution in [-0.2, 0) is 4.79 Å². The highest BCUT2D eigenvalue weighted by atomic mass is 16.5. The third-order valence-electron chi connectivity index (χ3n) is 4.62. The van der Waals surface area contributed by atoms with Gasteiger partial charge in [-0.25, -0.2) is 0 Å². The van der Waals surface area contributed by atoms with Gasteiger partial charge in [-0.15, -0.1) is 0 Å². The Morgan fingerprint density at radius 1 is 1.08 bits per heavy atom. The lowest BCUT2D eigenvalue weighted by Crippen LogP contribution is -2.11. The summed E-state index contributed by atoms with van der Waals surface area (Å²) >= 11 is 0. The van der Waals surface area contributed by atoms with Crippen LogP contribution in [0.1, 0.15) is 38.2 Å². The Hall–Kier alpha value is -2.49. The lowest BCUT2D eigenvalue weighted by atomic mass is 9.99. The zero-order valence-corrected chi connectivity index (χ0v) is 15.1. The minimum Gasteiger partial charge on any atom is -0.493 e. The number of carbonyl (C=O) groups excluding carboxylic acids is 1. The molecule has 4 heteroatoms. The van der Waals surface area contributed by atoms with Crippen LogP contribution in [0.2, 0.25) is 0 Å². The second kappa shape index (κ2) is 7.60. The van der Waals surface area contributed by atoms with Crippen molar-refractivity contribution in [1.82, 2.24) is 0 Å². The van der Waals surface area contributed by atoms with Crippen LogP contribution in [0.25, 0.3) is 11.1 Å². The van der Waals surface area contributed by atoms with E-state index in [9.17, 15) is 4.79 Å². The Labute approximate surface area is 149 Å². The first-order chi connectivity index (χ1) is 12.1. The highest BCUT2D eigenvalue weighted by Gasteiger charge is 2.19. The molecule has 1 amide bonds. The second-order valence-corrected chi connectivity index (χ2v) is 6.60. The number of ether oxygens (including phenoxy) is 2. The molecule has 0 unspecified atom stereocenters.